The molecule has 0 radical (unpaired) electrons. The van der Waals surface area contributed by atoms with Crippen molar-refractivity contribution in [2.24, 2.45) is 0 Å². The highest BCUT2D eigenvalue weighted by molar-refractivity contribution is 5.96. The van der Waals surface area contributed by atoms with Gasteiger partial charge in [0.15, 0.2) is 5.78 Å². The van der Waals surface area contributed by atoms with E-state index in [1.54, 1.807) is 24.3 Å². The Bertz CT molecular complexity index is 502. The Balaban J connectivity index is 1.93. The Kier molecular flexibility index (Phi) is 6.13. The van der Waals surface area contributed by atoms with Crippen molar-refractivity contribution in [2.75, 3.05) is 18.4 Å². The van der Waals surface area contributed by atoms with Crippen LogP contribution in [0.3, 0.4) is 0 Å². The summed E-state index contributed by atoms with van der Waals surface area (Å²) < 4.78 is 0. The lowest BCUT2D eigenvalue weighted by Gasteiger charge is -2.29. The number of Topliss-reactive ketones (excluding diaryl/α,β-unsaturated/α-hetero) is 1. The first-order chi connectivity index (χ1) is 10.6. The normalized spacial score (nSPS) is 18.1. The maximum Gasteiger partial charge on any atom is 0.241 e. The van der Waals surface area contributed by atoms with Crippen LogP contribution in [0.1, 0.15) is 56.3 Å². The number of amides is 1. The first kappa shape index (κ1) is 16.7. The molecule has 2 rings (SSSR count). The van der Waals surface area contributed by atoms with Crippen LogP contribution >= 0.6 is 0 Å². The highest BCUT2D eigenvalue weighted by Gasteiger charge is 2.21. The number of benzene rings is 1. The van der Waals surface area contributed by atoms with Crippen LogP contribution in [-0.2, 0) is 4.79 Å². The predicted octanol–water partition coefficient (Wildman–Crippen LogP) is 3.48. The van der Waals surface area contributed by atoms with Crippen molar-refractivity contribution in [3.63, 3.8) is 0 Å². The number of hydrogen-bond donors (Lipinski definition) is 1. The van der Waals surface area contributed by atoms with Crippen LogP contribution in [0.5, 0.6) is 0 Å². The van der Waals surface area contributed by atoms with Gasteiger partial charge in [-0.3, -0.25) is 14.5 Å². The third-order valence-electron chi connectivity index (χ3n) is 4.38. The van der Waals surface area contributed by atoms with E-state index in [1.165, 1.54) is 39.0 Å². The molecule has 0 aliphatic carbocycles. The highest BCUT2D eigenvalue weighted by atomic mass is 16.2. The van der Waals surface area contributed by atoms with E-state index in [0.29, 0.717) is 5.56 Å². The maximum atomic E-state index is 12.4. The molecule has 1 atom stereocenters. The molecule has 1 fully saturated rings. The summed E-state index contributed by atoms with van der Waals surface area (Å²) in [5, 5.41) is 2.95. The molecule has 1 aliphatic heterocycles. The SMILES string of the molecule is CC(=O)c1ccc(NC(=O)[C@@H](C)N2CCCCCCC2)cc1. The molecule has 0 unspecified atom stereocenters. The second-order valence-corrected chi connectivity index (χ2v) is 6.10. The van der Waals surface area contributed by atoms with Crippen LogP contribution in [0.15, 0.2) is 24.3 Å². The van der Waals surface area contributed by atoms with E-state index < -0.39 is 0 Å². The minimum absolute atomic E-state index is 0.0242. The summed E-state index contributed by atoms with van der Waals surface area (Å²) >= 11 is 0. The van der Waals surface area contributed by atoms with Crippen molar-refractivity contribution < 1.29 is 9.59 Å². The van der Waals surface area contributed by atoms with E-state index in [1.807, 2.05) is 6.92 Å². The highest BCUT2D eigenvalue weighted by Crippen LogP contribution is 2.15. The van der Waals surface area contributed by atoms with E-state index in [2.05, 4.69) is 10.2 Å². The van der Waals surface area contributed by atoms with Gasteiger partial charge in [0, 0.05) is 11.3 Å². The number of hydrogen-bond acceptors (Lipinski definition) is 3. The molecular weight excluding hydrogens is 276 g/mol. The van der Waals surface area contributed by atoms with Gasteiger partial charge in [-0.1, -0.05) is 19.3 Å². The van der Waals surface area contributed by atoms with Gasteiger partial charge in [0.25, 0.3) is 0 Å². The summed E-state index contributed by atoms with van der Waals surface area (Å²) in [5.74, 6) is 0.0584. The van der Waals surface area contributed by atoms with E-state index in [9.17, 15) is 9.59 Å². The third-order valence-corrected chi connectivity index (χ3v) is 4.38. The van der Waals surface area contributed by atoms with Crippen molar-refractivity contribution in [1.29, 1.82) is 0 Å². The molecular formula is C18H26N2O2. The van der Waals surface area contributed by atoms with Gasteiger partial charge in [-0.2, -0.15) is 0 Å². The molecule has 0 spiro atoms. The van der Waals surface area contributed by atoms with E-state index >= 15 is 0 Å². The lowest BCUT2D eigenvalue weighted by molar-refractivity contribution is -0.120. The average molecular weight is 302 g/mol. The fourth-order valence-electron chi connectivity index (χ4n) is 2.86. The zero-order chi connectivity index (χ0) is 15.9. The van der Waals surface area contributed by atoms with Crippen molar-refractivity contribution in [1.82, 2.24) is 4.90 Å². The number of carbonyl (C=O) groups excluding carboxylic acids is 2. The second-order valence-electron chi connectivity index (χ2n) is 6.10. The quantitative estimate of drug-likeness (QED) is 0.866. The van der Waals surface area contributed by atoms with Gasteiger partial charge in [-0.05, 0) is 64.0 Å². The van der Waals surface area contributed by atoms with E-state index in [0.717, 1.165) is 18.8 Å². The zero-order valence-electron chi connectivity index (χ0n) is 13.6. The monoisotopic (exact) mass is 302 g/mol. The van der Waals surface area contributed by atoms with Crippen molar-refractivity contribution in [2.45, 2.75) is 52.0 Å². The Labute approximate surface area is 132 Å². The molecule has 1 N–H and O–H groups in total. The topological polar surface area (TPSA) is 49.4 Å². The standard InChI is InChI=1S/C18H26N2O2/c1-14(20-12-6-4-3-5-7-13-20)18(22)19-17-10-8-16(9-11-17)15(2)21/h8-11,14H,3-7,12-13H2,1-2H3,(H,19,22)/t14-/m1/s1. The van der Waals surface area contributed by atoms with Crippen molar-refractivity contribution >= 4 is 17.4 Å². The van der Waals surface area contributed by atoms with Crippen LogP contribution in [0.2, 0.25) is 0 Å². The molecule has 1 amide bonds. The number of anilines is 1. The fraction of sp³-hybridized carbons (Fsp3) is 0.556. The van der Waals surface area contributed by atoms with Gasteiger partial charge in [0.05, 0.1) is 6.04 Å². The molecule has 1 heterocycles. The summed E-state index contributed by atoms with van der Waals surface area (Å²) in [6.45, 7) is 5.51. The van der Waals surface area contributed by atoms with Gasteiger partial charge in [0.1, 0.15) is 0 Å². The van der Waals surface area contributed by atoms with Crippen molar-refractivity contribution in [3.05, 3.63) is 29.8 Å². The largest absolute Gasteiger partial charge is 0.325 e. The number of likely N-dealkylation sites (tertiary alicyclic amines) is 1. The Hall–Kier alpha value is -1.68. The number of nitrogens with zero attached hydrogens (tertiary/aromatic N) is 1. The molecule has 22 heavy (non-hydrogen) atoms. The second kappa shape index (κ2) is 8.08. The first-order valence-corrected chi connectivity index (χ1v) is 8.24. The zero-order valence-corrected chi connectivity index (χ0v) is 13.6. The molecule has 120 valence electrons. The van der Waals surface area contributed by atoms with Crippen LogP contribution in [-0.4, -0.2) is 35.7 Å². The average Bonchev–Trinajstić information content (AvgIpc) is 2.47. The van der Waals surface area contributed by atoms with E-state index in [4.69, 9.17) is 0 Å². The van der Waals surface area contributed by atoms with E-state index in [-0.39, 0.29) is 17.7 Å². The summed E-state index contributed by atoms with van der Waals surface area (Å²) in [6.07, 6.45) is 6.18. The van der Waals surface area contributed by atoms with Gasteiger partial charge in [-0.25, -0.2) is 0 Å². The lowest BCUT2D eigenvalue weighted by atomic mass is 10.1. The molecule has 4 nitrogen and oxygen atoms in total. The molecule has 0 aromatic heterocycles. The van der Waals surface area contributed by atoms with Gasteiger partial charge < -0.3 is 5.32 Å². The molecule has 1 saturated heterocycles. The fourth-order valence-corrected chi connectivity index (χ4v) is 2.86. The summed E-state index contributed by atoms with van der Waals surface area (Å²) in [7, 11) is 0. The Morgan fingerprint density at radius 3 is 2.09 bits per heavy atom. The number of rotatable bonds is 4. The smallest absolute Gasteiger partial charge is 0.241 e. The predicted molar refractivity (Wildman–Crippen MR) is 89.2 cm³/mol. The molecule has 4 heteroatoms. The minimum Gasteiger partial charge on any atom is -0.325 e. The van der Waals surface area contributed by atoms with Gasteiger partial charge >= 0.3 is 0 Å². The summed E-state index contributed by atoms with van der Waals surface area (Å²) in [4.78, 5) is 25.9. The van der Waals surface area contributed by atoms with Gasteiger partial charge in [-0.15, -0.1) is 0 Å². The first-order valence-electron chi connectivity index (χ1n) is 8.24. The number of carbonyl (C=O) groups is 2. The van der Waals surface area contributed by atoms with Crippen molar-refractivity contribution in [3.8, 4) is 0 Å². The molecule has 1 aromatic rings. The molecule has 0 saturated carbocycles. The van der Waals surface area contributed by atoms with Crippen LogP contribution in [0.4, 0.5) is 5.69 Å². The molecule has 1 aromatic carbocycles. The summed E-state index contributed by atoms with van der Waals surface area (Å²) in [5.41, 5.74) is 1.41. The van der Waals surface area contributed by atoms with Crippen LogP contribution < -0.4 is 5.32 Å². The third kappa shape index (κ3) is 4.67. The van der Waals surface area contributed by atoms with Gasteiger partial charge in [0.2, 0.25) is 5.91 Å². The minimum atomic E-state index is -0.120. The van der Waals surface area contributed by atoms with Crippen LogP contribution in [0, 0.1) is 0 Å². The molecule has 1 aliphatic rings. The maximum absolute atomic E-state index is 12.4. The Morgan fingerprint density at radius 1 is 1.00 bits per heavy atom. The van der Waals surface area contributed by atoms with Crippen LogP contribution in [0.25, 0.3) is 0 Å². The number of ketones is 1. The summed E-state index contributed by atoms with van der Waals surface area (Å²) in [6, 6.07) is 6.95. The Morgan fingerprint density at radius 2 is 1.55 bits per heavy atom. The lowest BCUT2D eigenvalue weighted by Crippen LogP contribution is -2.43. The molecule has 0 bridgehead atoms. The number of nitrogens with one attached hydrogen (secondary N) is 1.